The number of hydrogen-bond acceptors (Lipinski definition) is 6. The first-order chi connectivity index (χ1) is 14.1. The highest BCUT2D eigenvalue weighted by Crippen LogP contribution is 2.37. The molecule has 1 aromatic carbocycles. The van der Waals surface area contributed by atoms with E-state index in [0.29, 0.717) is 23.8 Å². The number of ether oxygens (including phenoxy) is 2. The molecule has 0 aliphatic carbocycles. The number of hydrogen-bond donors (Lipinski definition) is 1. The highest BCUT2D eigenvalue weighted by molar-refractivity contribution is 7.17. The van der Waals surface area contributed by atoms with Crippen LogP contribution in [0.3, 0.4) is 0 Å². The summed E-state index contributed by atoms with van der Waals surface area (Å²) in [6.45, 7) is 3.03. The third-order valence-corrected chi connectivity index (χ3v) is 5.91. The molecule has 0 fully saturated rings. The van der Waals surface area contributed by atoms with Crippen molar-refractivity contribution in [2.45, 2.75) is 6.92 Å². The lowest BCUT2D eigenvalue weighted by Gasteiger charge is -2.18. The molecule has 1 aliphatic heterocycles. The number of carbonyl (C=O) groups is 1. The molecule has 7 nitrogen and oxygen atoms in total. The Morgan fingerprint density at radius 2 is 1.97 bits per heavy atom. The van der Waals surface area contributed by atoms with E-state index >= 15 is 0 Å². The Bertz CT molecular complexity index is 1240. The van der Waals surface area contributed by atoms with Crippen LogP contribution in [0.25, 0.3) is 21.5 Å². The van der Waals surface area contributed by atoms with Crippen molar-refractivity contribution in [3.63, 3.8) is 0 Å². The van der Waals surface area contributed by atoms with Crippen molar-refractivity contribution < 1.29 is 14.3 Å². The zero-order valence-corrected chi connectivity index (χ0v) is 16.7. The van der Waals surface area contributed by atoms with Crippen molar-refractivity contribution in [1.29, 1.82) is 0 Å². The molecule has 4 aromatic rings. The van der Waals surface area contributed by atoms with Gasteiger partial charge in [-0.2, -0.15) is 5.10 Å². The zero-order chi connectivity index (χ0) is 20.0. The fraction of sp³-hybridized carbons (Fsp3) is 0.190. The molecule has 0 bridgehead atoms. The van der Waals surface area contributed by atoms with Crippen LogP contribution < -0.4 is 14.8 Å². The Morgan fingerprint density at radius 3 is 2.83 bits per heavy atom. The van der Waals surface area contributed by atoms with Gasteiger partial charge in [-0.1, -0.05) is 0 Å². The summed E-state index contributed by atoms with van der Waals surface area (Å²) in [5, 5.41) is 8.21. The van der Waals surface area contributed by atoms with E-state index in [1.54, 1.807) is 10.9 Å². The zero-order valence-electron chi connectivity index (χ0n) is 15.9. The highest BCUT2D eigenvalue weighted by Gasteiger charge is 2.16. The van der Waals surface area contributed by atoms with Crippen LogP contribution >= 0.6 is 11.3 Å². The maximum Gasteiger partial charge on any atom is 0.265 e. The van der Waals surface area contributed by atoms with Crippen LogP contribution in [0.2, 0.25) is 0 Å². The van der Waals surface area contributed by atoms with Crippen LogP contribution in [0.15, 0.2) is 42.6 Å². The van der Waals surface area contributed by atoms with Gasteiger partial charge in [0.15, 0.2) is 17.1 Å². The number of thiophene rings is 1. The summed E-state index contributed by atoms with van der Waals surface area (Å²) in [7, 11) is 1.85. The predicted molar refractivity (Wildman–Crippen MR) is 112 cm³/mol. The van der Waals surface area contributed by atoms with Gasteiger partial charge in [0.25, 0.3) is 5.91 Å². The Morgan fingerprint density at radius 1 is 1.14 bits per heavy atom. The molecule has 8 heteroatoms. The minimum absolute atomic E-state index is 0.165. The van der Waals surface area contributed by atoms with Gasteiger partial charge in [-0.05, 0) is 48.9 Å². The van der Waals surface area contributed by atoms with Crippen LogP contribution in [0.5, 0.6) is 11.5 Å². The van der Waals surface area contributed by atoms with Crippen molar-refractivity contribution in [3.8, 4) is 21.9 Å². The maximum atomic E-state index is 12.7. The normalized spacial score (nSPS) is 12.9. The lowest BCUT2D eigenvalue weighted by molar-refractivity contribution is 0.103. The smallest absolute Gasteiger partial charge is 0.265 e. The van der Waals surface area contributed by atoms with Crippen LogP contribution in [-0.4, -0.2) is 33.9 Å². The third-order valence-electron chi connectivity index (χ3n) is 4.78. The summed E-state index contributed by atoms with van der Waals surface area (Å²) in [6.07, 6.45) is 1.65. The second kappa shape index (κ2) is 6.89. The first-order valence-corrected chi connectivity index (χ1v) is 10.0. The number of rotatable bonds is 3. The van der Waals surface area contributed by atoms with Crippen molar-refractivity contribution >= 4 is 34.0 Å². The van der Waals surface area contributed by atoms with Gasteiger partial charge in [-0.3, -0.25) is 9.48 Å². The highest BCUT2D eigenvalue weighted by atomic mass is 32.1. The first kappa shape index (κ1) is 17.7. The fourth-order valence-electron chi connectivity index (χ4n) is 3.38. The largest absolute Gasteiger partial charge is 0.486 e. The van der Waals surface area contributed by atoms with E-state index in [1.807, 2.05) is 50.4 Å². The number of aryl methyl sites for hydroxylation is 2. The van der Waals surface area contributed by atoms with Crippen molar-refractivity contribution in [1.82, 2.24) is 14.8 Å². The monoisotopic (exact) mass is 406 g/mol. The third kappa shape index (κ3) is 3.21. The van der Waals surface area contributed by atoms with Gasteiger partial charge in [0.1, 0.15) is 13.2 Å². The Balaban J connectivity index is 1.38. The van der Waals surface area contributed by atoms with E-state index in [2.05, 4.69) is 15.4 Å². The average molecular weight is 406 g/mol. The minimum Gasteiger partial charge on any atom is -0.486 e. The van der Waals surface area contributed by atoms with Crippen LogP contribution in [0.1, 0.15) is 15.4 Å². The lowest BCUT2D eigenvalue weighted by Crippen LogP contribution is -2.15. The van der Waals surface area contributed by atoms with Gasteiger partial charge in [-0.25, -0.2) is 4.98 Å². The minimum atomic E-state index is -0.165. The van der Waals surface area contributed by atoms with E-state index in [-0.39, 0.29) is 5.91 Å². The summed E-state index contributed by atoms with van der Waals surface area (Å²) in [5.41, 5.74) is 3.31. The number of carbonyl (C=O) groups excluding carboxylic acids is 1. The first-order valence-electron chi connectivity index (χ1n) is 9.19. The molecule has 146 valence electrons. The Hall–Kier alpha value is -3.39. The molecule has 0 radical (unpaired) electrons. The SMILES string of the molecule is Cc1nn(C)c2ncc(NC(=O)c3ccc(-c4ccc5c(c4)OCCO5)s3)cc12. The number of anilines is 1. The molecule has 3 aromatic heterocycles. The molecule has 29 heavy (non-hydrogen) atoms. The summed E-state index contributed by atoms with van der Waals surface area (Å²) < 4.78 is 13.0. The number of pyridine rings is 1. The van der Waals surface area contributed by atoms with Crippen molar-refractivity contribution in [2.75, 3.05) is 18.5 Å². The number of nitrogens with one attached hydrogen (secondary N) is 1. The molecule has 0 saturated heterocycles. The number of fused-ring (bicyclic) bond motifs is 2. The van der Waals surface area contributed by atoms with E-state index < -0.39 is 0 Å². The second-order valence-electron chi connectivity index (χ2n) is 6.78. The topological polar surface area (TPSA) is 78.3 Å². The summed E-state index contributed by atoms with van der Waals surface area (Å²) in [6, 6.07) is 11.5. The van der Waals surface area contributed by atoms with Gasteiger partial charge in [0.05, 0.1) is 22.5 Å². The molecule has 0 spiro atoms. The van der Waals surface area contributed by atoms with Crippen LogP contribution in [-0.2, 0) is 7.05 Å². The predicted octanol–water partition coefficient (Wildman–Crippen LogP) is 4.03. The van der Waals surface area contributed by atoms with E-state index in [9.17, 15) is 4.79 Å². The number of nitrogens with zero attached hydrogens (tertiary/aromatic N) is 3. The lowest BCUT2D eigenvalue weighted by atomic mass is 10.1. The number of aromatic nitrogens is 3. The molecule has 0 atom stereocenters. The number of amides is 1. The molecule has 0 saturated carbocycles. The molecule has 1 aliphatic rings. The quantitative estimate of drug-likeness (QED) is 0.556. The fourth-order valence-corrected chi connectivity index (χ4v) is 4.28. The summed E-state index contributed by atoms with van der Waals surface area (Å²) in [5.74, 6) is 1.32. The van der Waals surface area contributed by atoms with Crippen LogP contribution in [0, 0.1) is 6.92 Å². The van der Waals surface area contributed by atoms with Crippen molar-refractivity contribution in [2.24, 2.45) is 7.05 Å². The molecule has 1 N–H and O–H groups in total. The van der Waals surface area contributed by atoms with Crippen molar-refractivity contribution in [3.05, 3.63) is 53.2 Å². The molecule has 0 unspecified atom stereocenters. The maximum absolute atomic E-state index is 12.7. The average Bonchev–Trinajstić information content (AvgIpc) is 3.33. The summed E-state index contributed by atoms with van der Waals surface area (Å²) in [4.78, 5) is 18.7. The number of benzene rings is 1. The van der Waals surface area contributed by atoms with Gasteiger partial charge in [0, 0.05) is 17.3 Å². The van der Waals surface area contributed by atoms with Crippen LogP contribution in [0.4, 0.5) is 5.69 Å². The molecule has 1 amide bonds. The van der Waals surface area contributed by atoms with Gasteiger partial charge in [0.2, 0.25) is 0 Å². The Labute approximate surface area is 170 Å². The molecule has 4 heterocycles. The van der Waals surface area contributed by atoms with E-state index in [4.69, 9.17) is 9.47 Å². The standard InChI is InChI=1S/C21H18N4O3S/c1-12-15-10-14(11-22-20(15)25(2)24-12)23-21(26)19-6-5-18(29-19)13-3-4-16-17(9-13)28-8-7-27-16/h3-6,9-11H,7-8H2,1-2H3,(H,23,26). The molecular formula is C21H18N4O3S. The summed E-state index contributed by atoms with van der Waals surface area (Å²) >= 11 is 1.43. The Kier molecular flexibility index (Phi) is 4.21. The second-order valence-corrected chi connectivity index (χ2v) is 7.86. The van der Waals surface area contributed by atoms with E-state index in [0.717, 1.165) is 38.7 Å². The van der Waals surface area contributed by atoms with E-state index in [1.165, 1.54) is 11.3 Å². The van der Waals surface area contributed by atoms with Gasteiger partial charge < -0.3 is 14.8 Å². The van der Waals surface area contributed by atoms with Gasteiger partial charge in [-0.15, -0.1) is 11.3 Å². The van der Waals surface area contributed by atoms with Gasteiger partial charge >= 0.3 is 0 Å². The molecular weight excluding hydrogens is 388 g/mol. The molecule has 5 rings (SSSR count).